The molecule has 0 bridgehead atoms. The lowest BCUT2D eigenvalue weighted by Crippen LogP contribution is -2.52. The van der Waals surface area contributed by atoms with Gasteiger partial charge in [0.05, 0.1) is 50.1 Å². The first-order valence-corrected chi connectivity index (χ1v) is 19.4. The molecule has 4 amide bonds. The van der Waals surface area contributed by atoms with Crippen molar-refractivity contribution in [3.05, 3.63) is 72.6 Å². The normalized spacial score (nSPS) is 17.0. The molecule has 3 heterocycles. The molecule has 56 heavy (non-hydrogen) atoms. The number of likely N-dealkylation sites (N-methyl/N-ethyl adjacent to an activating group) is 1. The van der Waals surface area contributed by atoms with Crippen LogP contribution in [0.4, 0.5) is 9.59 Å². The zero-order valence-electron chi connectivity index (χ0n) is 33.9. The molecule has 2 aromatic carbocycles. The van der Waals surface area contributed by atoms with Crippen molar-refractivity contribution in [3.8, 4) is 33.6 Å². The van der Waals surface area contributed by atoms with Gasteiger partial charge in [0.2, 0.25) is 11.8 Å². The van der Waals surface area contributed by atoms with Crippen molar-refractivity contribution in [3.63, 3.8) is 0 Å². The van der Waals surface area contributed by atoms with Crippen LogP contribution in [0.25, 0.3) is 33.6 Å². The fourth-order valence-corrected chi connectivity index (χ4v) is 7.33. The highest BCUT2D eigenvalue weighted by Crippen LogP contribution is 2.37. The van der Waals surface area contributed by atoms with E-state index in [0.717, 1.165) is 58.7 Å². The minimum Gasteiger partial charge on any atom is -0.453 e. The summed E-state index contributed by atoms with van der Waals surface area (Å²) in [5.41, 5.74) is 5.71. The van der Waals surface area contributed by atoms with Crippen LogP contribution in [0.5, 0.6) is 0 Å². The number of hydrogen-bond donors (Lipinski definition) is 4. The van der Waals surface area contributed by atoms with Gasteiger partial charge in [0.15, 0.2) is 0 Å². The Bertz CT molecular complexity index is 1870. The third-order valence-electron chi connectivity index (χ3n) is 10.6. The number of carbonyl (C=O) groups excluding carboxylic acids is 4. The molecule has 0 saturated carbocycles. The maximum atomic E-state index is 13.7. The van der Waals surface area contributed by atoms with Gasteiger partial charge in [-0.1, -0.05) is 89.6 Å². The average molecular weight is 769 g/mol. The molecule has 14 heteroatoms. The maximum absolute atomic E-state index is 13.7. The number of methoxy groups -OCH3 is 2. The highest BCUT2D eigenvalue weighted by atomic mass is 16.5. The monoisotopic (exact) mass is 768 g/mol. The van der Waals surface area contributed by atoms with E-state index >= 15 is 0 Å². The second-order valence-corrected chi connectivity index (χ2v) is 15.2. The summed E-state index contributed by atoms with van der Waals surface area (Å²) >= 11 is 0. The van der Waals surface area contributed by atoms with E-state index in [4.69, 9.17) is 14.5 Å². The van der Waals surface area contributed by atoms with Crippen LogP contribution in [0, 0.1) is 11.8 Å². The van der Waals surface area contributed by atoms with Crippen molar-refractivity contribution in [1.29, 1.82) is 0 Å². The number of alkyl carbamates (subject to hydrolysis) is 2. The Morgan fingerprint density at radius 2 is 1.29 bits per heavy atom. The lowest BCUT2D eigenvalue weighted by Gasteiger charge is -2.32. The molecule has 0 radical (unpaired) electrons. The number of rotatable bonds is 14. The Hall–Kier alpha value is -5.66. The second-order valence-electron chi connectivity index (χ2n) is 15.2. The van der Waals surface area contributed by atoms with Gasteiger partial charge in [-0.05, 0) is 60.3 Å². The van der Waals surface area contributed by atoms with Crippen LogP contribution in [0.1, 0.15) is 91.0 Å². The van der Waals surface area contributed by atoms with Crippen molar-refractivity contribution >= 4 is 24.0 Å². The van der Waals surface area contributed by atoms with Gasteiger partial charge >= 0.3 is 12.2 Å². The van der Waals surface area contributed by atoms with Crippen molar-refractivity contribution < 1.29 is 28.7 Å². The molecule has 5 rings (SSSR count). The van der Waals surface area contributed by atoms with E-state index in [1.165, 1.54) is 14.2 Å². The minimum atomic E-state index is -0.731. The van der Waals surface area contributed by atoms with Crippen LogP contribution in [0.3, 0.4) is 0 Å². The van der Waals surface area contributed by atoms with Crippen molar-refractivity contribution in [2.24, 2.45) is 11.8 Å². The fraction of sp³-hybridized carbons (Fsp3) is 0.476. The van der Waals surface area contributed by atoms with Crippen LogP contribution in [0.2, 0.25) is 0 Å². The smallest absolute Gasteiger partial charge is 0.407 e. The molecule has 14 nitrogen and oxygen atoms in total. The van der Waals surface area contributed by atoms with E-state index < -0.39 is 24.3 Å². The zero-order chi connectivity index (χ0) is 40.7. The summed E-state index contributed by atoms with van der Waals surface area (Å²) in [6.07, 6.45) is 5.44. The predicted molar refractivity (Wildman–Crippen MR) is 214 cm³/mol. The van der Waals surface area contributed by atoms with E-state index in [2.05, 4.69) is 56.8 Å². The molecule has 4 aromatic rings. The number of ether oxygens (including phenoxy) is 2. The Kier molecular flexibility index (Phi) is 13.6. The topological polar surface area (TPSA) is 175 Å². The van der Waals surface area contributed by atoms with Crippen LogP contribution in [-0.4, -0.2) is 93.1 Å². The van der Waals surface area contributed by atoms with Gasteiger partial charge < -0.3 is 39.9 Å². The number of aromatic nitrogens is 4. The number of nitrogens with zero attached hydrogens (tertiary/aromatic N) is 4. The number of benzene rings is 2. The Balaban J connectivity index is 1.27. The first-order chi connectivity index (χ1) is 26.8. The quantitative estimate of drug-likeness (QED) is 0.104. The van der Waals surface area contributed by atoms with Gasteiger partial charge in [-0.2, -0.15) is 0 Å². The SMILES string of the molecule is CCC[C@@H](c1ncc(-c2ccc(-c3ccc(-c4cnc([C@@H]5CC[C@H](C)N5C(=O)[C@@H](NC(=O)OC)C(C)C)[nH]4)cc3)cc2)[nH]1)N(C)C(=O)[C@@H](NC(=O)OC)C(C)C. The molecule has 0 spiro atoms. The summed E-state index contributed by atoms with van der Waals surface area (Å²) in [6, 6.07) is 14.5. The highest BCUT2D eigenvalue weighted by molar-refractivity contribution is 5.87. The number of hydrogen-bond acceptors (Lipinski definition) is 8. The number of H-pyrrole nitrogens is 2. The van der Waals surface area contributed by atoms with E-state index in [1.807, 2.05) is 63.8 Å². The van der Waals surface area contributed by atoms with Gasteiger partial charge in [0.1, 0.15) is 23.7 Å². The van der Waals surface area contributed by atoms with Crippen molar-refractivity contribution in [2.45, 2.75) is 97.4 Å². The summed E-state index contributed by atoms with van der Waals surface area (Å²) in [7, 11) is 4.31. The molecule has 0 unspecified atom stereocenters. The van der Waals surface area contributed by atoms with Crippen molar-refractivity contribution in [1.82, 2.24) is 40.4 Å². The number of imidazole rings is 2. The molecular weight excluding hydrogens is 713 g/mol. The fourth-order valence-electron chi connectivity index (χ4n) is 7.33. The minimum absolute atomic E-state index is 0.000989. The van der Waals surface area contributed by atoms with Crippen LogP contribution in [-0.2, 0) is 19.1 Å². The summed E-state index contributed by atoms with van der Waals surface area (Å²) in [5.74, 6) is 0.787. The molecule has 2 aromatic heterocycles. The first-order valence-electron chi connectivity index (χ1n) is 19.4. The number of carbonyl (C=O) groups is 4. The molecule has 0 aliphatic carbocycles. The van der Waals surface area contributed by atoms with E-state index in [1.54, 1.807) is 24.3 Å². The van der Waals surface area contributed by atoms with E-state index in [0.29, 0.717) is 12.2 Å². The third-order valence-corrected chi connectivity index (χ3v) is 10.6. The van der Waals surface area contributed by atoms with Gasteiger partial charge in [0, 0.05) is 13.1 Å². The average Bonchev–Trinajstić information content (AvgIpc) is 3.97. The molecule has 1 saturated heterocycles. The summed E-state index contributed by atoms with van der Waals surface area (Å²) in [6.45, 7) is 11.7. The Morgan fingerprint density at radius 3 is 1.80 bits per heavy atom. The number of likely N-dealkylation sites (tertiary alicyclic amines) is 1. The molecular formula is C42H56N8O6. The largest absolute Gasteiger partial charge is 0.453 e. The van der Waals surface area contributed by atoms with Crippen molar-refractivity contribution in [2.75, 3.05) is 21.3 Å². The summed E-state index contributed by atoms with van der Waals surface area (Å²) in [4.78, 5) is 71.0. The number of aromatic amines is 2. The van der Waals surface area contributed by atoms with Gasteiger partial charge in [-0.25, -0.2) is 19.6 Å². The zero-order valence-corrected chi connectivity index (χ0v) is 33.9. The molecule has 1 aliphatic rings. The third kappa shape index (κ3) is 9.23. The summed E-state index contributed by atoms with van der Waals surface area (Å²) < 4.78 is 9.53. The van der Waals surface area contributed by atoms with Crippen LogP contribution >= 0.6 is 0 Å². The van der Waals surface area contributed by atoms with Gasteiger partial charge in [-0.15, -0.1) is 0 Å². The lowest BCUT2D eigenvalue weighted by atomic mass is 10.0. The standard InChI is InChI=1S/C42H56N8O6/c1-10-11-33(49(7)39(51)35(24(2)3)47-41(53)55-8)37-43-22-31(45-37)29-17-13-27(14-18-29)28-15-19-30(20-16-28)32-23-44-38(46-32)34-21-12-26(6)50(34)40(52)36(25(4)5)48-42(54)56-9/h13-20,22-26,33-36H,10-12,21H2,1-9H3,(H,43,45)(H,44,46)(H,47,53)(H,48,54)/t26-,33-,34-,35-,36-/m0/s1. The van der Waals surface area contributed by atoms with E-state index in [9.17, 15) is 19.2 Å². The maximum Gasteiger partial charge on any atom is 0.407 e. The van der Waals surface area contributed by atoms with Crippen LogP contribution in [0.15, 0.2) is 60.9 Å². The molecule has 5 atom stereocenters. The molecule has 300 valence electrons. The second kappa shape index (κ2) is 18.3. The molecule has 1 aliphatic heterocycles. The lowest BCUT2D eigenvalue weighted by molar-refractivity contribution is -0.137. The number of amides is 4. The summed E-state index contributed by atoms with van der Waals surface area (Å²) in [5, 5.41) is 5.39. The first kappa shape index (κ1) is 41.5. The molecule has 4 N–H and O–H groups in total. The highest BCUT2D eigenvalue weighted by Gasteiger charge is 2.41. The molecule has 1 fully saturated rings. The van der Waals surface area contributed by atoms with Gasteiger partial charge in [0.25, 0.3) is 0 Å². The van der Waals surface area contributed by atoms with Crippen LogP contribution < -0.4 is 10.6 Å². The predicted octanol–water partition coefficient (Wildman–Crippen LogP) is 7.25. The Labute approximate surface area is 329 Å². The van der Waals surface area contributed by atoms with Gasteiger partial charge in [-0.3, -0.25) is 9.59 Å². The number of nitrogens with one attached hydrogen (secondary N) is 4. The van der Waals surface area contributed by atoms with E-state index in [-0.39, 0.29) is 41.8 Å². The Morgan fingerprint density at radius 1 is 0.786 bits per heavy atom.